The van der Waals surface area contributed by atoms with Gasteiger partial charge in [-0.15, -0.1) is 0 Å². The Kier molecular flexibility index (Phi) is 8.51. The van der Waals surface area contributed by atoms with Crippen LogP contribution < -0.4 is 0 Å². The van der Waals surface area contributed by atoms with E-state index < -0.39 is 18.2 Å². The summed E-state index contributed by atoms with van der Waals surface area (Å²) in [5, 5.41) is -0.152. The molecule has 0 aromatic carbocycles. The number of carbonyl (C=O) groups is 2. The van der Waals surface area contributed by atoms with Crippen molar-refractivity contribution in [1.29, 1.82) is 0 Å². The van der Waals surface area contributed by atoms with Crippen molar-refractivity contribution < 1.29 is 19.1 Å². The summed E-state index contributed by atoms with van der Waals surface area (Å²) in [5.74, 6) is -0.822. The van der Waals surface area contributed by atoms with E-state index in [1.54, 1.807) is 20.8 Å². The van der Waals surface area contributed by atoms with E-state index in [2.05, 4.69) is 25.3 Å². The van der Waals surface area contributed by atoms with Gasteiger partial charge in [-0.1, -0.05) is 20.8 Å². The van der Waals surface area contributed by atoms with Crippen LogP contribution in [0.1, 0.15) is 40.0 Å². The Morgan fingerprint density at radius 1 is 1.00 bits per heavy atom. The minimum atomic E-state index is -0.811. The molecule has 0 amide bonds. The second kappa shape index (κ2) is 8.69. The fourth-order valence-electron chi connectivity index (χ4n) is 1.06. The smallest absolute Gasteiger partial charge is 0.309 e. The van der Waals surface area contributed by atoms with Gasteiger partial charge in [0.1, 0.15) is 0 Å². The highest BCUT2D eigenvalue weighted by atomic mass is 32.1. The molecule has 0 radical (unpaired) electrons. The molecular weight excluding hydrogens is 260 g/mol. The summed E-state index contributed by atoms with van der Waals surface area (Å²) in [6, 6.07) is 0. The molecule has 0 aliphatic carbocycles. The third-order valence-electron chi connectivity index (χ3n) is 1.78. The molecule has 0 saturated heterocycles. The number of carbonyl (C=O) groups excluding carboxylic acids is 2. The third kappa shape index (κ3) is 9.35. The lowest BCUT2D eigenvalue weighted by atomic mass is 10.3. The molecule has 0 aromatic heterocycles. The van der Waals surface area contributed by atoms with Crippen LogP contribution in [0.3, 0.4) is 0 Å². The van der Waals surface area contributed by atoms with Gasteiger partial charge in [0.15, 0.2) is 0 Å². The highest BCUT2D eigenvalue weighted by molar-refractivity contribution is 7.81. The Hall–Kier alpha value is -0.360. The van der Waals surface area contributed by atoms with E-state index in [0.29, 0.717) is 6.42 Å². The van der Waals surface area contributed by atoms with Gasteiger partial charge in [-0.05, 0) is 0 Å². The summed E-state index contributed by atoms with van der Waals surface area (Å²) in [6.45, 7) is 5.36. The molecule has 0 heterocycles. The van der Waals surface area contributed by atoms with Crippen molar-refractivity contribution in [3.63, 3.8) is 0 Å². The van der Waals surface area contributed by atoms with E-state index in [4.69, 9.17) is 9.47 Å². The van der Waals surface area contributed by atoms with Crippen molar-refractivity contribution >= 4 is 37.2 Å². The summed E-state index contributed by atoms with van der Waals surface area (Å²) in [7, 11) is 0. The minimum absolute atomic E-state index is 0.0758. The fourth-order valence-corrected chi connectivity index (χ4v) is 1.36. The highest BCUT2D eigenvalue weighted by Gasteiger charge is 2.18. The monoisotopic (exact) mass is 280 g/mol. The van der Waals surface area contributed by atoms with Crippen molar-refractivity contribution in [2.24, 2.45) is 0 Å². The number of rotatable bonds is 7. The molecule has 0 spiro atoms. The second-order valence-electron chi connectivity index (χ2n) is 3.92. The maximum absolute atomic E-state index is 11.3. The Labute approximate surface area is 113 Å². The molecule has 17 heavy (non-hydrogen) atoms. The zero-order valence-corrected chi connectivity index (χ0v) is 12.2. The third-order valence-corrected chi connectivity index (χ3v) is 2.15. The maximum Gasteiger partial charge on any atom is 0.309 e. The Morgan fingerprint density at radius 3 is 1.59 bits per heavy atom. The van der Waals surface area contributed by atoms with Crippen molar-refractivity contribution in [3.05, 3.63) is 0 Å². The Bertz CT molecular complexity index is 230. The Balaban J connectivity index is 4.07. The molecule has 0 rings (SSSR count). The summed E-state index contributed by atoms with van der Waals surface area (Å²) < 4.78 is 10.0. The van der Waals surface area contributed by atoms with Crippen molar-refractivity contribution in [1.82, 2.24) is 0 Å². The van der Waals surface area contributed by atoms with Crippen LogP contribution in [0, 0.1) is 0 Å². The van der Waals surface area contributed by atoms with E-state index in [-0.39, 0.29) is 23.3 Å². The van der Waals surface area contributed by atoms with E-state index in [1.807, 2.05) is 0 Å². The van der Waals surface area contributed by atoms with Crippen LogP contribution in [-0.2, 0) is 19.1 Å². The molecule has 0 saturated carbocycles. The van der Waals surface area contributed by atoms with E-state index in [0.717, 1.165) is 0 Å². The second-order valence-corrected chi connectivity index (χ2v) is 5.69. The molecule has 0 N–H and O–H groups in total. The van der Waals surface area contributed by atoms with Crippen LogP contribution in [0.5, 0.6) is 0 Å². The molecule has 0 aromatic rings. The van der Waals surface area contributed by atoms with E-state index in [9.17, 15) is 9.59 Å². The van der Waals surface area contributed by atoms with Crippen LogP contribution in [-0.4, -0.2) is 28.7 Å². The van der Waals surface area contributed by atoms with E-state index in [1.165, 1.54) is 0 Å². The van der Waals surface area contributed by atoms with Gasteiger partial charge >= 0.3 is 11.9 Å². The van der Waals surface area contributed by atoms with Crippen LogP contribution in [0.25, 0.3) is 0 Å². The summed E-state index contributed by atoms with van der Waals surface area (Å²) >= 11 is 8.17. The van der Waals surface area contributed by atoms with Gasteiger partial charge in [-0.25, -0.2) is 0 Å². The predicted molar refractivity (Wildman–Crippen MR) is 72.4 cm³/mol. The van der Waals surface area contributed by atoms with Crippen molar-refractivity contribution in [2.75, 3.05) is 0 Å². The Morgan fingerprint density at radius 2 is 1.35 bits per heavy atom. The van der Waals surface area contributed by atoms with Gasteiger partial charge in [0.05, 0.1) is 12.8 Å². The summed E-state index contributed by atoms with van der Waals surface area (Å²) in [4.78, 5) is 22.7. The zero-order chi connectivity index (χ0) is 13.4. The lowest BCUT2D eigenvalue weighted by molar-refractivity contribution is -0.188. The minimum Gasteiger partial charge on any atom is -0.425 e. The van der Waals surface area contributed by atoms with Gasteiger partial charge in [-0.3, -0.25) is 9.59 Å². The van der Waals surface area contributed by atoms with E-state index >= 15 is 0 Å². The van der Waals surface area contributed by atoms with Gasteiger partial charge in [0, 0.05) is 16.9 Å². The SMILES string of the molecule is CCC(OC(=O)CC(C)S)OC(=O)CC(C)S. The van der Waals surface area contributed by atoms with Gasteiger partial charge < -0.3 is 9.47 Å². The number of thiol groups is 2. The molecular formula is C11H20O4S2. The number of esters is 2. The molecule has 100 valence electrons. The molecule has 0 aliphatic rings. The maximum atomic E-state index is 11.3. The largest absolute Gasteiger partial charge is 0.425 e. The van der Waals surface area contributed by atoms with Crippen LogP contribution >= 0.6 is 25.3 Å². The van der Waals surface area contributed by atoms with Gasteiger partial charge in [0.25, 0.3) is 0 Å². The topological polar surface area (TPSA) is 52.6 Å². The molecule has 0 fully saturated rings. The van der Waals surface area contributed by atoms with Gasteiger partial charge in [0.2, 0.25) is 6.29 Å². The van der Waals surface area contributed by atoms with Crippen molar-refractivity contribution in [2.45, 2.75) is 56.8 Å². The highest BCUT2D eigenvalue weighted by Crippen LogP contribution is 2.09. The van der Waals surface area contributed by atoms with Crippen molar-refractivity contribution in [3.8, 4) is 0 Å². The molecule has 2 atom stereocenters. The quantitative estimate of drug-likeness (QED) is 0.426. The van der Waals surface area contributed by atoms with Crippen LogP contribution in [0.4, 0.5) is 0 Å². The molecule has 4 nitrogen and oxygen atoms in total. The first-order valence-corrected chi connectivity index (χ1v) is 6.63. The predicted octanol–water partition coefficient (Wildman–Crippen LogP) is 2.23. The first-order valence-electron chi connectivity index (χ1n) is 5.60. The van der Waals surface area contributed by atoms with Crippen LogP contribution in [0.15, 0.2) is 0 Å². The normalized spacial score (nSPS) is 15.8. The lowest BCUT2D eigenvalue weighted by Crippen LogP contribution is -2.25. The first kappa shape index (κ1) is 16.6. The molecule has 6 heteroatoms. The fraction of sp³-hybridized carbons (Fsp3) is 0.818. The average Bonchev–Trinajstić information content (AvgIpc) is 2.13. The summed E-state index contributed by atoms with van der Waals surface area (Å²) in [5.41, 5.74) is 0. The zero-order valence-electron chi connectivity index (χ0n) is 10.4. The molecule has 0 bridgehead atoms. The first-order chi connectivity index (χ1) is 7.85. The van der Waals surface area contributed by atoms with Crippen LogP contribution in [0.2, 0.25) is 0 Å². The number of ether oxygens (including phenoxy) is 2. The average molecular weight is 280 g/mol. The lowest BCUT2D eigenvalue weighted by Gasteiger charge is -2.17. The molecule has 2 unspecified atom stereocenters. The molecule has 0 aliphatic heterocycles. The summed E-state index contributed by atoms with van der Waals surface area (Å²) in [6.07, 6.45) is 0.00814. The standard InChI is InChI=1S/C11H20O4S2/c1-4-11(14-9(12)5-7(2)16)15-10(13)6-8(3)17/h7-8,11,16-17H,4-6H2,1-3H3. The number of hydrogen-bond acceptors (Lipinski definition) is 6. The van der Waals surface area contributed by atoms with Gasteiger partial charge in [-0.2, -0.15) is 25.3 Å². The number of hydrogen-bond donors (Lipinski definition) is 2.